The highest BCUT2D eigenvalue weighted by molar-refractivity contribution is 6.31. The maximum Gasteiger partial charge on any atom is 0.336 e. The van der Waals surface area contributed by atoms with Gasteiger partial charge >= 0.3 is 6.03 Å². The van der Waals surface area contributed by atoms with Crippen molar-refractivity contribution in [1.82, 2.24) is 20.7 Å². The first-order valence-corrected chi connectivity index (χ1v) is 8.69. The van der Waals surface area contributed by atoms with E-state index in [2.05, 4.69) is 15.8 Å². The fraction of sp³-hybridized carbons (Fsp3) is 0.158. The molecule has 132 valence electrons. The molecule has 1 aliphatic rings. The quantitative estimate of drug-likeness (QED) is 0.577. The van der Waals surface area contributed by atoms with Gasteiger partial charge in [-0.25, -0.2) is 10.2 Å². The zero-order valence-electron chi connectivity index (χ0n) is 13.9. The van der Waals surface area contributed by atoms with Gasteiger partial charge in [0.15, 0.2) is 0 Å². The molecule has 0 spiro atoms. The minimum atomic E-state index is -0.351. The number of aromatic amines is 1. The zero-order chi connectivity index (χ0) is 18.1. The third-order valence-electron chi connectivity index (χ3n) is 4.54. The van der Waals surface area contributed by atoms with Gasteiger partial charge in [-0.15, -0.1) is 0 Å². The van der Waals surface area contributed by atoms with Crippen LogP contribution in [0.5, 0.6) is 0 Å². The summed E-state index contributed by atoms with van der Waals surface area (Å²) < 4.78 is 0. The van der Waals surface area contributed by atoms with Gasteiger partial charge in [-0.1, -0.05) is 29.8 Å². The van der Waals surface area contributed by atoms with Crippen molar-refractivity contribution in [3.8, 4) is 0 Å². The number of carbonyl (C=O) groups is 2. The van der Waals surface area contributed by atoms with Crippen molar-refractivity contribution in [2.45, 2.75) is 13.0 Å². The molecule has 0 unspecified atom stereocenters. The molecule has 1 aromatic heterocycles. The minimum absolute atomic E-state index is 0.337. The van der Waals surface area contributed by atoms with Gasteiger partial charge in [0, 0.05) is 52.3 Å². The zero-order valence-corrected chi connectivity index (χ0v) is 14.6. The van der Waals surface area contributed by atoms with E-state index in [-0.39, 0.29) is 11.9 Å². The molecule has 3 aromatic rings. The number of fused-ring (bicyclic) bond motifs is 3. The molecular weight excluding hydrogens is 352 g/mol. The topological polar surface area (TPSA) is 77.2 Å². The standard InChI is InChI=1S/C19H17ClN4O2/c20-13-6-7-16-14(10-13)15-11-24(9-8-17(15)21-16)19(26)23-22-18(25)12-4-2-1-3-5-12/h1-7,10,21H,8-9,11H2,(H,22,25)(H,23,26). The molecule has 2 heterocycles. The van der Waals surface area contributed by atoms with Crippen molar-refractivity contribution in [1.29, 1.82) is 0 Å². The number of H-pyrrole nitrogens is 1. The van der Waals surface area contributed by atoms with Crippen LogP contribution in [0.15, 0.2) is 48.5 Å². The maximum atomic E-state index is 12.4. The number of hydrogen-bond acceptors (Lipinski definition) is 2. The Kier molecular flexibility index (Phi) is 4.26. The summed E-state index contributed by atoms with van der Waals surface area (Å²) in [6, 6.07) is 14.1. The summed E-state index contributed by atoms with van der Waals surface area (Å²) in [5.74, 6) is -0.351. The summed E-state index contributed by atoms with van der Waals surface area (Å²) in [6.07, 6.45) is 0.724. The Morgan fingerprint density at radius 2 is 1.88 bits per heavy atom. The second kappa shape index (κ2) is 6.72. The van der Waals surface area contributed by atoms with Gasteiger partial charge in [0.25, 0.3) is 5.91 Å². The number of nitrogens with zero attached hydrogens (tertiary/aromatic N) is 1. The molecular formula is C19H17ClN4O2. The summed E-state index contributed by atoms with van der Waals surface area (Å²) >= 11 is 6.11. The second-order valence-electron chi connectivity index (χ2n) is 6.19. The van der Waals surface area contributed by atoms with Gasteiger partial charge in [0.05, 0.1) is 0 Å². The van der Waals surface area contributed by atoms with E-state index in [1.54, 1.807) is 29.2 Å². The number of rotatable bonds is 1. The Balaban J connectivity index is 1.45. The van der Waals surface area contributed by atoms with Gasteiger partial charge in [0.1, 0.15) is 0 Å². The Labute approximate surface area is 155 Å². The fourth-order valence-electron chi connectivity index (χ4n) is 3.21. The highest BCUT2D eigenvalue weighted by atomic mass is 35.5. The summed E-state index contributed by atoms with van der Waals surface area (Å²) in [7, 11) is 0. The molecule has 26 heavy (non-hydrogen) atoms. The number of carbonyl (C=O) groups excluding carboxylic acids is 2. The molecule has 0 aliphatic carbocycles. The lowest BCUT2D eigenvalue weighted by atomic mass is 10.0. The van der Waals surface area contributed by atoms with Crippen LogP contribution in [0.4, 0.5) is 4.79 Å². The average molecular weight is 369 g/mol. The third kappa shape index (κ3) is 3.11. The summed E-state index contributed by atoms with van der Waals surface area (Å²) in [5.41, 5.74) is 8.63. The molecule has 0 saturated heterocycles. The van der Waals surface area contributed by atoms with Gasteiger partial charge in [0.2, 0.25) is 0 Å². The number of halogens is 1. The van der Waals surface area contributed by atoms with E-state index in [1.807, 2.05) is 24.3 Å². The Bertz CT molecular complexity index is 984. The molecule has 3 amide bonds. The van der Waals surface area contributed by atoms with Crippen molar-refractivity contribution in [2.75, 3.05) is 6.54 Å². The van der Waals surface area contributed by atoms with E-state index in [1.165, 1.54) is 0 Å². The molecule has 4 rings (SSSR count). The molecule has 0 bridgehead atoms. The van der Waals surface area contributed by atoms with Crippen LogP contribution in [-0.2, 0) is 13.0 Å². The largest absolute Gasteiger partial charge is 0.358 e. The van der Waals surface area contributed by atoms with Crippen molar-refractivity contribution in [2.24, 2.45) is 0 Å². The number of aromatic nitrogens is 1. The molecule has 3 N–H and O–H groups in total. The fourth-order valence-corrected chi connectivity index (χ4v) is 3.38. The number of nitrogens with one attached hydrogen (secondary N) is 3. The molecule has 0 fully saturated rings. The molecule has 2 aromatic carbocycles. The van der Waals surface area contributed by atoms with E-state index >= 15 is 0 Å². The highest BCUT2D eigenvalue weighted by Gasteiger charge is 2.24. The lowest BCUT2D eigenvalue weighted by Crippen LogP contribution is -2.50. The van der Waals surface area contributed by atoms with Crippen LogP contribution in [0.25, 0.3) is 10.9 Å². The van der Waals surface area contributed by atoms with Crippen LogP contribution in [0, 0.1) is 0 Å². The molecule has 0 saturated carbocycles. The molecule has 0 radical (unpaired) electrons. The first-order chi connectivity index (χ1) is 12.6. The maximum absolute atomic E-state index is 12.4. The highest BCUT2D eigenvalue weighted by Crippen LogP contribution is 2.29. The van der Waals surface area contributed by atoms with Gasteiger partial charge < -0.3 is 9.88 Å². The summed E-state index contributed by atoms with van der Waals surface area (Å²) in [4.78, 5) is 29.5. The van der Waals surface area contributed by atoms with Crippen LogP contribution < -0.4 is 10.9 Å². The van der Waals surface area contributed by atoms with Crippen molar-refractivity contribution in [3.05, 3.63) is 70.4 Å². The van der Waals surface area contributed by atoms with Crippen LogP contribution in [0.1, 0.15) is 21.6 Å². The normalized spacial score (nSPS) is 13.3. The van der Waals surface area contributed by atoms with Gasteiger partial charge in [-0.05, 0) is 30.3 Å². The first-order valence-electron chi connectivity index (χ1n) is 8.31. The minimum Gasteiger partial charge on any atom is -0.358 e. The van der Waals surface area contributed by atoms with E-state index < -0.39 is 0 Å². The molecule has 1 aliphatic heterocycles. The van der Waals surface area contributed by atoms with E-state index in [0.29, 0.717) is 23.7 Å². The second-order valence-corrected chi connectivity index (χ2v) is 6.63. The number of amides is 3. The van der Waals surface area contributed by atoms with E-state index in [4.69, 9.17) is 11.6 Å². The average Bonchev–Trinajstić information content (AvgIpc) is 3.03. The Morgan fingerprint density at radius 3 is 2.69 bits per heavy atom. The van der Waals surface area contributed by atoms with E-state index in [0.717, 1.165) is 28.6 Å². The number of hydrogen-bond donors (Lipinski definition) is 3. The molecule has 6 nitrogen and oxygen atoms in total. The van der Waals surface area contributed by atoms with Crippen LogP contribution in [-0.4, -0.2) is 28.4 Å². The van der Waals surface area contributed by atoms with Gasteiger partial charge in [-0.3, -0.25) is 10.2 Å². The SMILES string of the molecule is O=C(NNC(=O)N1CCc2[nH]c3ccc(Cl)cc3c2C1)c1ccccc1. The van der Waals surface area contributed by atoms with Gasteiger partial charge in [-0.2, -0.15) is 0 Å². The van der Waals surface area contributed by atoms with Crippen LogP contribution in [0.2, 0.25) is 5.02 Å². The molecule has 0 atom stereocenters. The molecule has 7 heteroatoms. The first kappa shape index (κ1) is 16.5. The summed E-state index contributed by atoms with van der Waals surface area (Å²) in [5, 5.41) is 1.69. The Hall–Kier alpha value is -2.99. The number of urea groups is 1. The van der Waals surface area contributed by atoms with Crippen LogP contribution in [0.3, 0.4) is 0 Å². The predicted octanol–water partition coefficient (Wildman–Crippen LogP) is 3.23. The van der Waals surface area contributed by atoms with Crippen molar-refractivity contribution >= 4 is 34.4 Å². The Morgan fingerprint density at radius 1 is 1.08 bits per heavy atom. The number of hydrazine groups is 1. The lowest BCUT2D eigenvalue weighted by Gasteiger charge is -2.27. The third-order valence-corrected chi connectivity index (χ3v) is 4.78. The lowest BCUT2D eigenvalue weighted by molar-refractivity contribution is 0.0929. The number of benzene rings is 2. The summed E-state index contributed by atoms with van der Waals surface area (Å²) in [6.45, 7) is 1.03. The van der Waals surface area contributed by atoms with Crippen molar-refractivity contribution in [3.63, 3.8) is 0 Å². The van der Waals surface area contributed by atoms with E-state index in [9.17, 15) is 9.59 Å². The predicted molar refractivity (Wildman–Crippen MR) is 99.9 cm³/mol. The van der Waals surface area contributed by atoms with Crippen molar-refractivity contribution < 1.29 is 9.59 Å². The smallest absolute Gasteiger partial charge is 0.336 e. The monoisotopic (exact) mass is 368 g/mol. The van der Waals surface area contributed by atoms with Crippen LogP contribution >= 0.6 is 11.6 Å².